The van der Waals surface area contributed by atoms with Crippen LogP contribution in [0.5, 0.6) is 0 Å². The predicted octanol–water partition coefficient (Wildman–Crippen LogP) is 0.857. The van der Waals surface area contributed by atoms with Crippen molar-refractivity contribution in [3.63, 3.8) is 0 Å². The first-order chi connectivity index (χ1) is 12.5. The third-order valence-corrected chi connectivity index (χ3v) is 4.98. The number of carbonyl (C=O) groups excluding carboxylic acids is 2. The molecule has 134 valence electrons. The summed E-state index contributed by atoms with van der Waals surface area (Å²) >= 11 is 0. The highest BCUT2D eigenvalue weighted by Crippen LogP contribution is 2.28. The molecule has 0 atom stereocenters. The molecule has 0 saturated carbocycles. The summed E-state index contributed by atoms with van der Waals surface area (Å²) in [7, 11) is 0. The molecule has 4 rings (SSSR count). The van der Waals surface area contributed by atoms with E-state index >= 15 is 0 Å². The molecule has 2 aliphatic heterocycles. The van der Waals surface area contributed by atoms with Gasteiger partial charge in [-0.2, -0.15) is 0 Å². The van der Waals surface area contributed by atoms with E-state index in [2.05, 4.69) is 4.90 Å². The number of hydrogen-bond donors (Lipinski definition) is 1. The van der Waals surface area contributed by atoms with Crippen molar-refractivity contribution in [1.29, 1.82) is 0 Å². The maximum absolute atomic E-state index is 13.5. The molecule has 0 bridgehead atoms. The van der Waals surface area contributed by atoms with Crippen molar-refractivity contribution in [3.8, 4) is 0 Å². The summed E-state index contributed by atoms with van der Waals surface area (Å²) in [4.78, 5) is 29.0. The Labute approximate surface area is 149 Å². The Bertz CT molecular complexity index is 862. The van der Waals surface area contributed by atoms with Gasteiger partial charge in [0.1, 0.15) is 11.6 Å². The molecule has 2 aromatic rings. The lowest BCUT2D eigenvalue weighted by atomic mass is 10.1. The monoisotopic (exact) mass is 358 g/mol. The molecule has 2 heterocycles. The number of Topliss-reactive ketones (excluding diaryl/α,β-unsaturated/α-hetero) is 1. The lowest BCUT2D eigenvalue weighted by molar-refractivity contribution is -0.899. The lowest BCUT2D eigenvalue weighted by Gasteiger charge is -2.35. The quantitative estimate of drug-likeness (QED) is 0.828. The maximum atomic E-state index is 13.5. The second-order valence-corrected chi connectivity index (χ2v) is 6.60. The number of fused-ring (bicyclic) bond motifs is 1. The largest absolute Gasteiger partial charge is 0.360 e. The molecule has 1 saturated heterocycles. The van der Waals surface area contributed by atoms with Crippen LogP contribution in [0.1, 0.15) is 10.4 Å². The van der Waals surface area contributed by atoms with E-state index in [1.54, 1.807) is 12.1 Å². The van der Waals surface area contributed by atoms with Crippen LogP contribution in [0.25, 0.3) is 0 Å². The van der Waals surface area contributed by atoms with Crippen LogP contribution in [0, 0.1) is 11.6 Å². The molecule has 0 aliphatic carbocycles. The van der Waals surface area contributed by atoms with E-state index in [0.29, 0.717) is 12.4 Å². The van der Waals surface area contributed by atoms with E-state index in [9.17, 15) is 18.4 Å². The highest BCUT2D eigenvalue weighted by Gasteiger charge is 2.38. The molecule has 1 amide bonds. The van der Waals surface area contributed by atoms with Crippen LogP contribution in [0.15, 0.2) is 42.5 Å². The van der Waals surface area contributed by atoms with Crippen LogP contribution in [-0.2, 0) is 4.79 Å². The number of anilines is 2. The Morgan fingerprint density at radius 2 is 1.58 bits per heavy atom. The standard InChI is InChI=1S/C19H17F2N3O2/c20-13-1-4-15(5-2-13)23-9-7-22(8-10-23)12-24-17-11-14(21)3-6-16(17)18(25)19(24)26/h1-6,11H,7-10,12H2/p+1. The molecular formula is C19H18F2N3O2+. The molecule has 7 heteroatoms. The van der Waals surface area contributed by atoms with E-state index in [0.717, 1.165) is 36.8 Å². The van der Waals surface area contributed by atoms with E-state index in [1.807, 2.05) is 0 Å². The zero-order valence-corrected chi connectivity index (χ0v) is 14.0. The number of hydrogen-bond acceptors (Lipinski definition) is 3. The van der Waals surface area contributed by atoms with Gasteiger partial charge >= 0.3 is 5.91 Å². The molecule has 1 N–H and O–H groups in total. The minimum absolute atomic E-state index is 0.263. The molecule has 0 aromatic heterocycles. The van der Waals surface area contributed by atoms with E-state index in [4.69, 9.17) is 0 Å². The van der Waals surface area contributed by atoms with E-state index < -0.39 is 17.5 Å². The second-order valence-electron chi connectivity index (χ2n) is 6.60. The average Bonchev–Trinajstić information content (AvgIpc) is 2.87. The van der Waals surface area contributed by atoms with Crippen molar-refractivity contribution in [3.05, 3.63) is 59.7 Å². The Morgan fingerprint density at radius 3 is 2.27 bits per heavy atom. The first kappa shape index (κ1) is 16.7. The summed E-state index contributed by atoms with van der Waals surface area (Å²) in [6.45, 7) is 3.37. The summed E-state index contributed by atoms with van der Waals surface area (Å²) in [6.07, 6.45) is 0. The number of ketones is 1. The van der Waals surface area contributed by atoms with Crippen molar-refractivity contribution in [2.75, 3.05) is 42.6 Å². The van der Waals surface area contributed by atoms with Crippen LogP contribution in [0.2, 0.25) is 0 Å². The van der Waals surface area contributed by atoms with Crippen molar-refractivity contribution in [2.24, 2.45) is 0 Å². The van der Waals surface area contributed by atoms with Crippen LogP contribution < -0.4 is 14.7 Å². The fourth-order valence-corrected chi connectivity index (χ4v) is 3.54. The van der Waals surface area contributed by atoms with Crippen LogP contribution in [0.3, 0.4) is 0 Å². The van der Waals surface area contributed by atoms with Gasteiger partial charge in [0, 0.05) is 5.69 Å². The van der Waals surface area contributed by atoms with Crippen molar-refractivity contribution < 1.29 is 23.3 Å². The second kappa shape index (κ2) is 6.49. The van der Waals surface area contributed by atoms with Crippen LogP contribution in [0.4, 0.5) is 20.2 Å². The van der Waals surface area contributed by atoms with Gasteiger partial charge < -0.3 is 9.80 Å². The lowest BCUT2D eigenvalue weighted by Crippen LogP contribution is -3.16. The van der Waals surface area contributed by atoms with Crippen molar-refractivity contribution in [2.45, 2.75) is 0 Å². The third-order valence-electron chi connectivity index (χ3n) is 4.98. The van der Waals surface area contributed by atoms with Gasteiger partial charge in [0.2, 0.25) is 0 Å². The first-order valence-electron chi connectivity index (χ1n) is 8.53. The Kier molecular flexibility index (Phi) is 4.16. The number of piperazine rings is 1. The van der Waals surface area contributed by atoms with E-state index in [-0.39, 0.29) is 11.4 Å². The van der Waals surface area contributed by atoms with Crippen LogP contribution >= 0.6 is 0 Å². The Balaban J connectivity index is 1.43. The number of nitrogens with zero attached hydrogens (tertiary/aromatic N) is 2. The summed E-state index contributed by atoms with van der Waals surface area (Å²) in [6, 6.07) is 10.2. The number of nitrogens with one attached hydrogen (secondary N) is 1. The van der Waals surface area contributed by atoms with Gasteiger partial charge in [0.25, 0.3) is 5.78 Å². The van der Waals surface area contributed by atoms with E-state index in [1.165, 1.54) is 35.2 Å². The minimum Gasteiger partial charge on any atom is -0.360 e. The number of rotatable bonds is 3. The summed E-state index contributed by atoms with van der Waals surface area (Å²) in [5.74, 6) is -1.91. The molecule has 2 aromatic carbocycles. The molecule has 5 nitrogen and oxygen atoms in total. The van der Waals surface area contributed by atoms with Crippen molar-refractivity contribution in [1.82, 2.24) is 0 Å². The summed E-state index contributed by atoms with van der Waals surface area (Å²) in [5.41, 5.74) is 1.58. The topological polar surface area (TPSA) is 45.1 Å². The number of carbonyl (C=O) groups is 2. The molecule has 2 aliphatic rings. The Hall–Kier alpha value is -2.80. The van der Waals surface area contributed by atoms with Gasteiger partial charge in [-0.15, -0.1) is 0 Å². The van der Waals surface area contributed by atoms with Crippen LogP contribution in [-0.4, -0.2) is 44.5 Å². The molecule has 0 radical (unpaired) electrons. The Morgan fingerprint density at radius 1 is 0.923 bits per heavy atom. The maximum Gasteiger partial charge on any atom is 0.303 e. The number of quaternary nitrogens is 1. The average molecular weight is 358 g/mol. The first-order valence-corrected chi connectivity index (χ1v) is 8.53. The number of halogens is 2. The minimum atomic E-state index is -0.598. The molecule has 1 fully saturated rings. The summed E-state index contributed by atoms with van der Waals surface area (Å²) < 4.78 is 26.6. The van der Waals surface area contributed by atoms with Crippen molar-refractivity contribution >= 4 is 23.1 Å². The highest BCUT2D eigenvalue weighted by molar-refractivity contribution is 6.52. The highest BCUT2D eigenvalue weighted by atomic mass is 19.1. The summed E-state index contributed by atoms with van der Waals surface area (Å²) in [5, 5.41) is 0. The number of amides is 1. The molecular weight excluding hydrogens is 340 g/mol. The van der Waals surface area contributed by atoms with Gasteiger partial charge in [-0.25, -0.2) is 8.78 Å². The zero-order chi connectivity index (χ0) is 18.3. The fraction of sp³-hybridized carbons (Fsp3) is 0.263. The SMILES string of the molecule is O=C1C(=O)N(C[NH+]2CCN(c3ccc(F)cc3)CC2)c2cc(F)ccc21. The molecule has 26 heavy (non-hydrogen) atoms. The molecule has 0 unspecified atom stereocenters. The molecule has 0 spiro atoms. The third kappa shape index (κ3) is 2.94. The van der Waals surface area contributed by atoms with Gasteiger partial charge in [0.05, 0.1) is 37.4 Å². The van der Waals surface area contributed by atoms with Gasteiger partial charge in [0.15, 0.2) is 6.67 Å². The van der Waals surface area contributed by atoms with Gasteiger partial charge in [-0.1, -0.05) is 0 Å². The normalized spacial score (nSPS) is 17.8. The van der Waals surface area contributed by atoms with Gasteiger partial charge in [-0.3, -0.25) is 14.5 Å². The number of benzene rings is 2. The van der Waals surface area contributed by atoms with Gasteiger partial charge in [-0.05, 0) is 42.5 Å². The predicted molar refractivity (Wildman–Crippen MR) is 92.4 cm³/mol. The fourth-order valence-electron chi connectivity index (χ4n) is 3.54. The zero-order valence-electron chi connectivity index (χ0n) is 14.0. The smallest absolute Gasteiger partial charge is 0.303 e.